The van der Waals surface area contributed by atoms with Crippen molar-refractivity contribution >= 4 is 23.5 Å². The Morgan fingerprint density at radius 3 is 2.31 bits per heavy atom. The van der Waals surface area contributed by atoms with E-state index in [1.165, 1.54) is 6.20 Å². The fourth-order valence-corrected chi connectivity index (χ4v) is 4.38. The minimum Gasteiger partial charge on any atom is -0.444 e. The number of hydrogen-bond acceptors (Lipinski definition) is 10. The highest BCUT2D eigenvalue weighted by Gasteiger charge is 2.30. The lowest BCUT2D eigenvalue weighted by Crippen LogP contribution is -2.46. The molecule has 13 heteroatoms. The summed E-state index contributed by atoms with van der Waals surface area (Å²) in [6.07, 6.45) is 3.46. The first-order valence-corrected chi connectivity index (χ1v) is 14.0. The third kappa shape index (κ3) is 7.51. The van der Waals surface area contributed by atoms with Gasteiger partial charge in [0, 0.05) is 23.5 Å². The molecule has 0 aliphatic carbocycles. The maximum atomic E-state index is 13.6. The molecule has 3 heterocycles. The Hall–Kier alpha value is -5.98. The molecule has 0 bridgehead atoms. The Morgan fingerprint density at radius 1 is 0.933 bits per heavy atom. The van der Waals surface area contributed by atoms with Crippen molar-refractivity contribution in [2.24, 2.45) is 5.92 Å². The van der Waals surface area contributed by atoms with Gasteiger partial charge in [0.05, 0.1) is 12.2 Å². The first-order valence-electron chi connectivity index (χ1n) is 14.0. The number of ether oxygens (including phenoxy) is 1. The Kier molecular flexibility index (Phi) is 9.48. The number of nitrogens with one attached hydrogen (secondary N) is 2. The van der Waals surface area contributed by atoms with Crippen LogP contribution in [0.15, 0.2) is 101 Å². The van der Waals surface area contributed by atoms with Crippen LogP contribution in [0, 0.1) is 5.92 Å². The van der Waals surface area contributed by atoms with Gasteiger partial charge in [-0.3, -0.25) is 29.3 Å². The van der Waals surface area contributed by atoms with E-state index in [0.29, 0.717) is 11.1 Å². The van der Waals surface area contributed by atoms with Gasteiger partial charge in [0.15, 0.2) is 0 Å². The molecule has 0 fully saturated rings. The largest absolute Gasteiger partial charge is 0.444 e. The molecule has 1 atom stereocenters. The normalized spacial score (nSPS) is 11.5. The predicted octanol–water partition coefficient (Wildman–Crippen LogP) is 4.13. The third-order valence-electron chi connectivity index (χ3n) is 6.67. The number of hydrogen-bond donors (Lipinski definition) is 2. The molecule has 0 spiro atoms. The molecule has 45 heavy (non-hydrogen) atoms. The van der Waals surface area contributed by atoms with Gasteiger partial charge in [-0.05, 0) is 23.6 Å². The van der Waals surface area contributed by atoms with Gasteiger partial charge < -0.3 is 14.6 Å². The van der Waals surface area contributed by atoms with Crippen LogP contribution in [0.4, 0.5) is 10.5 Å². The molecule has 0 aliphatic rings. The van der Waals surface area contributed by atoms with Crippen LogP contribution in [0.3, 0.4) is 0 Å². The number of nitrogens with zero attached hydrogens (tertiary/aromatic N) is 5. The number of benzene rings is 2. The quantitative estimate of drug-likeness (QED) is 0.208. The van der Waals surface area contributed by atoms with Crippen LogP contribution in [0.5, 0.6) is 0 Å². The summed E-state index contributed by atoms with van der Waals surface area (Å²) in [5.74, 6) is -1.49. The SMILES string of the molecule is CC(C)C(NC(=O)Cn1c(-c2ccccc2)ncc(NC(=O)OCc2ccccc2)c1=O)C(=O)c1nc(-c2ccncc2)no1. The monoisotopic (exact) mass is 607 g/mol. The van der Waals surface area contributed by atoms with Crippen LogP contribution in [0.2, 0.25) is 0 Å². The van der Waals surface area contributed by atoms with Gasteiger partial charge in [-0.15, -0.1) is 0 Å². The van der Waals surface area contributed by atoms with E-state index >= 15 is 0 Å². The van der Waals surface area contributed by atoms with Crippen molar-refractivity contribution in [2.75, 3.05) is 5.32 Å². The molecular formula is C32H29N7O6. The second kappa shape index (κ2) is 14.0. The van der Waals surface area contributed by atoms with Crippen molar-refractivity contribution in [3.05, 3.63) is 113 Å². The molecule has 0 saturated heterocycles. The summed E-state index contributed by atoms with van der Waals surface area (Å²) in [4.78, 5) is 65.3. The topological polar surface area (TPSA) is 171 Å². The summed E-state index contributed by atoms with van der Waals surface area (Å²) in [6, 6.07) is 20.1. The van der Waals surface area contributed by atoms with Gasteiger partial charge in [-0.2, -0.15) is 4.98 Å². The minimum absolute atomic E-state index is 0.00644. The van der Waals surface area contributed by atoms with Gasteiger partial charge in [-0.1, -0.05) is 79.7 Å². The van der Waals surface area contributed by atoms with E-state index in [9.17, 15) is 19.2 Å². The maximum Gasteiger partial charge on any atom is 0.412 e. The second-order valence-electron chi connectivity index (χ2n) is 10.3. The number of carbonyl (C=O) groups is 3. The van der Waals surface area contributed by atoms with Crippen molar-refractivity contribution in [3.8, 4) is 22.8 Å². The number of pyridine rings is 1. The average Bonchev–Trinajstić information content (AvgIpc) is 3.56. The van der Waals surface area contributed by atoms with E-state index in [2.05, 4.69) is 30.7 Å². The van der Waals surface area contributed by atoms with Crippen LogP contribution in [0.25, 0.3) is 22.8 Å². The van der Waals surface area contributed by atoms with Crippen molar-refractivity contribution in [3.63, 3.8) is 0 Å². The van der Waals surface area contributed by atoms with E-state index in [1.807, 2.05) is 18.2 Å². The Labute approximate surface area is 257 Å². The molecule has 3 aromatic heterocycles. The maximum absolute atomic E-state index is 13.6. The zero-order valence-corrected chi connectivity index (χ0v) is 24.4. The number of aromatic nitrogens is 5. The molecule has 228 valence electrons. The van der Waals surface area contributed by atoms with Crippen molar-refractivity contribution in [1.82, 2.24) is 30.0 Å². The van der Waals surface area contributed by atoms with Crippen LogP contribution in [-0.4, -0.2) is 48.5 Å². The van der Waals surface area contributed by atoms with Crippen molar-refractivity contribution < 1.29 is 23.6 Å². The molecule has 2 amide bonds. The first kappa shape index (κ1) is 30.5. The predicted molar refractivity (Wildman–Crippen MR) is 163 cm³/mol. The zero-order valence-electron chi connectivity index (χ0n) is 24.4. The number of amides is 2. The molecule has 2 aromatic carbocycles. The molecule has 0 radical (unpaired) electrons. The summed E-state index contributed by atoms with van der Waals surface area (Å²) in [6.45, 7) is 2.98. The molecule has 0 saturated carbocycles. The lowest BCUT2D eigenvalue weighted by molar-refractivity contribution is -0.122. The Bertz CT molecular complexity index is 1840. The fourth-order valence-electron chi connectivity index (χ4n) is 4.38. The van der Waals surface area contributed by atoms with Gasteiger partial charge in [0.2, 0.25) is 17.5 Å². The van der Waals surface area contributed by atoms with Gasteiger partial charge >= 0.3 is 6.09 Å². The number of Topliss-reactive ketones (excluding diaryl/α,β-unsaturated/α-hetero) is 1. The summed E-state index contributed by atoms with van der Waals surface area (Å²) in [5.41, 5.74) is 1.05. The van der Waals surface area contributed by atoms with E-state index in [1.54, 1.807) is 80.8 Å². The molecular weight excluding hydrogens is 578 g/mol. The van der Waals surface area contributed by atoms with Crippen molar-refractivity contribution in [1.29, 1.82) is 0 Å². The van der Waals surface area contributed by atoms with E-state index < -0.39 is 35.9 Å². The number of ketones is 1. The van der Waals surface area contributed by atoms with Gasteiger partial charge in [-0.25, -0.2) is 9.78 Å². The van der Waals surface area contributed by atoms with Crippen LogP contribution in [-0.2, 0) is 22.7 Å². The molecule has 5 aromatic rings. The molecule has 13 nitrogen and oxygen atoms in total. The Balaban J connectivity index is 1.35. The van der Waals surface area contributed by atoms with Gasteiger partial charge in [0.1, 0.15) is 24.7 Å². The number of rotatable bonds is 11. The summed E-state index contributed by atoms with van der Waals surface area (Å²) in [5, 5.41) is 8.97. The highest BCUT2D eigenvalue weighted by atomic mass is 16.5. The standard InChI is InChI=1S/C32H29N7O6/c1-20(2)26(27(41)30-37-28(38-45-30)22-13-15-33-16-14-22)36-25(40)18-39-29(23-11-7-4-8-12-23)34-17-24(31(39)42)35-32(43)44-19-21-9-5-3-6-10-21/h3-17,20,26H,18-19H2,1-2H3,(H,35,43)(H,36,40). The third-order valence-corrected chi connectivity index (χ3v) is 6.67. The highest BCUT2D eigenvalue weighted by Crippen LogP contribution is 2.18. The summed E-state index contributed by atoms with van der Waals surface area (Å²) < 4.78 is 11.6. The first-order chi connectivity index (χ1) is 21.8. The molecule has 1 unspecified atom stereocenters. The Morgan fingerprint density at radius 2 is 1.62 bits per heavy atom. The second-order valence-corrected chi connectivity index (χ2v) is 10.3. The number of anilines is 1. The molecule has 0 aliphatic heterocycles. The summed E-state index contributed by atoms with van der Waals surface area (Å²) in [7, 11) is 0. The minimum atomic E-state index is -1.04. The lowest BCUT2D eigenvalue weighted by Gasteiger charge is -2.20. The average molecular weight is 608 g/mol. The summed E-state index contributed by atoms with van der Waals surface area (Å²) >= 11 is 0. The van der Waals surface area contributed by atoms with E-state index in [0.717, 1.165) is 10.1 Å². The van der Waals surface area contributed by atoms with Crippen LogP contribution in [0.1, 0.15) is 30.1 Å². The zero-order chi connectivity index (χ0) is 31.8. The van der Waals surface area contributed by atoms with Crippen molar-refractivity contribution in [2.45, 2.75) is 33.0 Å². The molecule has 2 N–H and O–H groups in total. The number of carbonyl (C=O) groups excluding carboxylic acids is 3. The smallest absolute Gasteiger partial charge is 0.412 e. The van der Waals surface area contributed by atoms with E-state index in [-0.39, 0.29) is 35.8 Å². The van der Waals surface area contributed by atoms with E-state index in [4.69, 9.17) is 9.26 Å². The highest BCUT2D eigenvalue weighted by molar-refractivity contribution is 5.99. The lowest BCUT2D eigenvalue weighted by atomic mass is 9.99. The van der Waals surface area contributed by atoms with Crippen LogP contribution < -0.4 is 16.2 Å². The van der Waals surface area contributed by atoms with Crippen LogP contribution >= 0.6 is 0 Å². The van der Waals surface area contributed by atoms with Gasteiger partial charge in [0.25, 0.3) is 11.4 Å². The molecule has 5 rings (SSSR count). The fraction of sp³-hybridized carbons (Fsp3) is 0.188.